The van der Waals surface area contributed by atoms with Gasteiger partial charge in [0.2, 0.25) is 10.0 Å². The molecule has 0 saturated heterocycles. The number of rotatable bonds is 7. The zero-order valence-corrected chi connectivity index (χ0v) is 13.1. The maximum Gasteiger partial charge on any atom is 0.244 e. The number of nitrogens with two attached hydrogens (primary N) is 1. The van der Waals surface area contributed by atoms with Gasteiger partial charge in [0, 0.05) is 38.6 Å². The van der Waals surface area contributed by atoms with E-state index in [0.717, 1.165) is 18.7 Å². The second kappa shape index (κ2) is 6.54. The van der Waals surface area contributed by atoms with Crippen molar-refractivity contribution < 1.29 is 8.42 Å². The van der Waals surface area contributed by atoms with Gasteiger partial charge in [0.05, 0.1) is 0 Å². The Kier molecular flexibility index (Phi) is 5.58. The highest BCUT2D eigenvalue weighted by atomic mass is 32.2. The molecule has 0 unspecified atom stereocenters. The van der Waals surface area contributed by atoms with Crippen molar-refractivity contribution >= 4 is 10.0 Å². The summed E-state index contributed by atoms with van der Waals surface area (Å²) in [6, 6.07) is 1.67. The minimum atomic E-state index is -3.40. The Bertz CT molecular complexity index is 484. The third kappa shape index (κ3) is 3.81. The molecule has 0 radical (unpaired) electrons. The second-order valence-corrected chi connectivity index (χ2v) is 7.21. The number of sulfonamides is 1. The van der Waals surface area contributed by atoms with Crippen molar-refractivity contribution in [3.63, 3.8) is 0 Å². The largest absolute Gasteiger partial charge is 0.349 e. The van der Waals surface area contributed by atoms with E-state index in [1.807, 2.05) is 11.5 Å². The Morgan fingerprint density at radius 1 is 1.42 bits per heavy atom. The molecule has 0 aliphatic rings. The van der Waals surface area contributed by atoms with E-state index in [1.165, 1.54) is 4.31 Å². The van der Waals surface area contributed by atoms with Crippen molar-refractivity contribution in [3.8, 4) is 0 Å². The molecule has 1 heterocycles. The molecule has 1 aromatic rings. The first kappa shape index (κ1) is 16.2. The van der Waals surface area contributed by atoms with E-state index < -0.39 is 10.0 Å². The molecule has 5 nitrogen and oxygen atoms in total. The monoisotopic (exact) mass is 287 g/mol. The molecular weight excluding hydrogens is 262 g/mol. The summed E-state index contributed by atoms with van der Waals surface area (Å²) in [6.45, 7) is 7.74. The summed E-state index contributed by atoms with van der Waals surface area (Å²) >= 11 is 0. The van der Waals surface area contributed by atoms with Crippen molar-refractivity contribution in [1.82, 2.24) is 8.87 Å². The predicted molar refractivity (Wildman–Crippen MR) is 77.3 cm³/mol. The lowest BCUT2D eigenvalue weighted by Crippen LogP contribution is -2.28. The maximum atomic E-state index is 12.4. The first-order valence-electron chi connectivity index (χ1n) is 6.68. The fourth-order valence-electron chi connectivity index (χ4n) is 1.87. The number of aromatic nitrogens is 1. The van der Waals surface area contributed by atoms with Crippen LogP contribution in [-0.2, 0) is 23.1 Å². The fourth-order valence-corrected chi connectivity index (χ4v) is 3.12. The van der Waals surface area contributed by atoms with Crippen molar-refractivity contribution in [1.29, 1.82) is 0 Å². The lowest BCUT2D eigenvalue weighted by atomic mass is 10.1. The van der Waals surface area contributed by atoms with Crippen LogP contribution in [0.2, 0.25) is 0 Å². The summed E-state index contributed by atoms with van der Waals surface area (Å²) in [5.41, 5.74) is 6.47. The van der Waals surface area contributed by atoms with Gasteiger partial charge in [-0.25, -0.2) is 12.7 Å². The smallest absolute Gasteiger partial charge is 0.244 e. The van der Waals surface area contributed by atoms with Gasteiger partial charge in [0.15, 0.2) is 0 Å². The van der Waals surface area contributed by atoms with Crippen LogP contribution in [0.1, 0.15) is 32.9 Å². The summed E-state index contributed by atoms with van der Waals surface area (Å²) < 4.78 is 28.1. The molecule has 0 aliphatic heterocycles. The highest BCUT2D eigenvalue weighted by Crippen LogP contribution is 2.19. The van der Waals surface area contributed by atoms with Crippen LogP contribution >= 0.6 is 0 Å². The van der Waals surface area contributed by atoms with E-state index >= 15 is 0 Å². The Morgan fingerprint density at radius 3 is 2.47 bits per heavy atom. The molecule has 0 spiro atoms. The molecule has 0 amide bonds. The molecular formula is C13H25N3O2S. The second-order valence-electron chi connectivity index (χ2n) is 5.17. The summed E-state index contributed by atoms with van der Waals surface area (Å²) in [7, 11) is -1.77. The normalized spacial score (nSPS) is 12.6. The molecule has 0 fully saturated rings. The molecule has 0 aromatic carbocycles. The van der Waals surface area contributed by atoms with E-state index in [1.54, 1.807) is 19.3 Å². The number of hydrogen-bond donors (Lipinski definition) is 1. The third-order valence-electron chi connectivity index (χ3n) is 3.24. The van der Waals surface area contributed by atoms with Gasteiger partial charge in [-0.2, -0.15) is 0 Å². The van der Waals surface area contributed by atoms with Gasteiger partial charge in [-0.05, 0) is 25.3 Å². The number of aryl methyl sites for hydroxylation is 1. The standard InChI is InChI=1S/C13H25N3O2S/c1-5-16-10-13(8-12(16)9-14)19(17,18)15(4)7-6-11(2)3/h8,10-11H,5-7,9,14H2,1-4H3. The van der Waals surface area contributed by atoms with Gasteiger partial charge in [-0.1, -0.05) is 13.8 Å². The van der Waals surface area contributed by atoms with Crippen LogP contribution in [0.5, 0.6) is 0 Å². The zero-order chi connectivity index (χ0) is 14.6. The first-order valence-corrected chi connectivity index (χ1v) is 8.12. The Balaban J connectivity index is 2.96. The number of hydrogen-bond acceptors (Lipinski definition) is 3. The topological polar surface area (TPSA) is 68.3 Å². The molecule has 6 heteroatoms. The number of nitrogens with zero attached hydrogens (tertiary/aromatic N) is 2. The first-order chi connectivity index (χ1) is 8.82. The van der Waals surface area contributed by atoms with E-state index in [2.05, 4.69) is 13.8 Å². The van der Waals surface area contributed by atoms with E-state index in [9.17, 15) is 8.42 Å². The molecule has 1 aromatic heterocycles. The van der Waals surface area contributed by atoms with Gasteiger partial charge < -0.3 is 10.3 Å². The van der Waals surface area contributed by atoms with Crippen LogP contribution in [0.3, 0.4) is 0 Å². The summed E-state index contributed by atoms with van der Waals surface area (Å²) in [5.74, 6) is 0.484. The third-order valence-corrected chi connectivity index (χ3v) is 5.06. The summed E-state index contributed by atoms with van der Waals surface area (Å²) in [5, 5.41) is 0. The van der Waals surface area contributed by atoms with Gasteiger partial charge in [-0.3, -0.25) is 0 Å². The highest BCUT2D eigenvalue weighted by molar-refractivity contribution is 7.89. The molecule has 0 atom stereocenters. The predicted octanol–water partition coefficient (Wildman–Crippen LogP) is 1.63. The Morgan fingerprint density at radius 2 is 2.05 bits per heavy atom. The molecule has 1 rings (SSSR count). The average molecular weight is 287 g/mol. The van der Waals surface area contributed by atoms with Crippen LogP contribution < -0.4 is 5.73 Å². The fraction of sp³-hybridized carbons (Fsp3) is 0.692. The van der Waals surface area contributed by atoms with Crippen LogP contribution in [-0.4, -0.2) is 30.9 Å². The van der Waals surface area contributed by atoms with Crippen molar-refractivity contribution in [2.75, 3.05) is 13.6 Å². The summed E-state index contributed by atoms with van der Waals surface area (Å²) in [4.78, 5) is 0.334. The van der Waals surface area contributed by atoms with E-state index in [-0.39, 0.29) is 0 Å². The minimum absolute atomic E-state index is 0.334. The van der Waals surface area contributed by atoms with E-state index in [4.69, 9.17) is 5.73 Å². The highest BCUT2D eigenvalue weighted by Gasteiger charge is 2.23. The molecule has 0 aliphatic carbocycles. The van der Waals surface area contributed by atoms with Crippen molar-refractivity contribution in [2.45, 2.75) is 45.2 Å². The zero-order valence-electron chi connectivity index (χ0n) is 12.3. The minimum Gasteiger partial charge on any atom is -0.349 e. The van der Waals surface area contributed by atoms with Gasteiger partial charge >= 0.3 is 0 Å². The lowest BCUT2D eigenvalue weighted by Gasteiger charge is -2.17. The van der Waals surface area contributed by atoms with Crippen LogP contribution in [0.15, 0.2) is 17.2 Å². The average Bonchev–Trinajstić information content (AvgIpc) is 2.79. The molecule has 110 valence electrons. The van der Waals surface area contributed by atoms with Crippen LogP contribution in [0.25, 0.3) is 0 Å². The van der Waals surface area contributed by atoms with E-state index in [0.29, 0.717) is 23.9 Å². The summed E-state index contributed by atoms with van der Waals surface area (Å²) in [6.07, 6.45) is 2.53. The maximum absolute atomic E-state index is 12.4. The van der Waals surface area contributed by atoms with Crippen LogP contribution in [0, 0.1) is 5.92 Å². The van der Waals surface area contributed by atoms with Crippen LogP contribution in [0.4, 0.5) is 0 Å². The Hall–Kier alpha value is -0.850. The SMILES string of the molecule is CCn1cc(S(=O)(=O)N(C)CCC(C)C)cc1CN. The lowest BCUT2D eigenvalue weighted by molar-refractivity contribution is 0.428. The molecule has 2 N–H and O–H groups in total. The Labute approximate surface area is 116 Å². The molecule has 0 bridgehead atoms. The van der Waals surface area contributed by atoms with Gasteiger partial charge in [0.1, 0.15) is 4.90 Å². The van der Waals surface area contributed by atoms with Gasteiger partial charge in [-0.15, -0.1) is 0 Å². The van der Waals surface area contributed by atoms with Gasteiger partial charge in [0.25, 0.3) is 0 Å². The molecule has 0 saturated carbocycles. The van der Waals surface area contributed by atoms with Crippen molar-refractivity contribution in [2.24, 2.45) is 11.7 Å². The quantitative estimate of drug-likeness (QED) is 0.829. The molecule has 19 heavy (non-hydrogen) atoms. The van der Waals surface area contributed by atoms with Crippen molar-refractivity contribution in [3.05, 3.63) is 18.0 Å².